The number of nitriles is 1. The molecular formula is C13H10ClN3O3S2. The monoisotopic (exact) mass is 355 g/mol. The molecule has 1 heterocycles. The lowest BCUT2D eigenvalue weighted by Crippen LogP contribution is -2.32. The van der Waals surface area contributed by atoms with Gasteiger partial charge < -0.3 is 5.32 Å². The zero-order valence-electron chi connectivity index (χ0n) is 11.0. The van der Waals surface area contributed by atoms with E-state index in [9.17, 15) is 13.2 Å². The Labute approximate surface area is 136 Å². The Kier molecular flexibility index (Phi) is 5.15. The summed E-state index contributed by atoms with van der Waals surface area (Å²) < 4.78 is 26.4. The Morgan fingerprint density at radius 3 is 2.73 bits per heavy atom. The Balaban J connectivity index is 1.97. The number of sulfonamides is 1. The van der Waals surface area contributed by atoms with E-state index in [4.69, 9.17) is 16.9 Å². The summed E-state index contributed by atoms with van der Waals surface area (Å²) in [6, 6.07) is 11.1. The molecule has 0 radical (unpaired) electrons. The van der Waals surface area contributed by atoms with Crippen LogP contribution in [0.3, 0.4) is 0 Å². The fraction of sp³-hybridized carbons (Fsp3) is 0.0769. The molecule has 2 rings (SSSR count). The predicted octanol–water partition coefficient (Wildman–Crippen LogP) is 2.19. The Morgan fingerprint density at radius 1 is 1.32 bits per heavy atom. The molecule has 0 fully saturated rings. The highest BCUT2D eigenvalue weighted by molar-refractivity contribution is 7.91. The number of carbonyl (C=O) groups excluding carboxylic acids is 1. The highest BCUT2D eigenvalue weighted by atomic mass is 35.5. The first kappa shape index (κ1) is 16.5. The SMILES string of the molecule is N#Cc1cccc(NC(=O)CNS(=O)(=O)c2ccc(Cl)s2)c1. The molecule has 114 valence electrons. The number of hydrogen-bond acceptors (Lipinski definition) is 5. The molecule has 0 bridgehead atoms. The average molecular weight is 356 g/mol. The van der Waals surface area contributed by atoms with E-state index in [1.807, 2.05) is 6.07 Å². The smallest absolute Gasteiger partial charge is 0.250 e. The molecule has 2 N–H and O–H groups in total. The van der Waals surface area contributed by atoms with Crippen LogP contribution in [0, 0.1) is 11.3 Å². The maximum Gasteiger partial charge on any atom is 0.250 e. The molecule has 0 unspecified atom stereocenters. The lowest BCUT2D eigenvalue weighted by atomic mass is 10.2. The van der Waals surface area contributed by atoms with Gasteiger partial charge in [-0.2, -0.15) is 5.26 Å². The lowest BCUT2D eigenvalue weighted by molar-refractivity contribution is -0.115. The molecule has 1 aromatic carbocycles. The van der Waals surface area contributed by atoms with Crippen LogP contribution in [-0.2, 0) is 14.8 Å². The third-order valence-corrected chi connectivity index (χ3v) is 5.64. The van der Waals surface area contributed by atoms with Gasteiger partial charge in [0.15, 0.2) is 0 Å². The normalized spacial score (nSPS) is 10.9. The molecule has 9 heteroatoms. The first-order chi connectivity index (χ1) is 10.4. The van der Waals surface area contributed by atoms with Gasteiger partial charge in [-0.25, -0.2) is 13.1 Å². The standard InChI is InChI=1S/C13H10ClN3O3S2/c14-11-4-5-13(21-11)22(19,20)16-8-12(18)17-10-3-1-2-9(6-10)7-15/h1-6,16H,8H2,(H,17,18). The number of hydrogen-bond donors (Lipinski definition) is 2. The Hall–Kier alpha value is -1.92. The van der Waals surface area contributed by atoms with E-state index < -0.39 is 22.5 Å². The fourth-order valence-electron chi connectivity index (χ4n) is 1.55. The molecule has 0 atom stereocenters. The van der Waals surface area contributed by atoms with Crippen molar-refractivity contribution in [2.75, 3.05) is 11.9 Å². The number of halogens is 1. The number of thiophene rings is 1. The first-order valence-corrected chi connectivity index (χ1v) is 8.63. The summed E-state index contributed by atoms with van der Waals surface area (Å²) >= 11 is 6.59. The molecule has 0 aliphatic heterocycles. The van der Waals surface area contributed by atoms with Crippen molar-refractivity contribution in [1.29, 1.82) is 5.26 Å². The minimum atomic E-state index is -3.77. The molecular weight excluding hydrogens is 346 g/mol. The van der Waals surface area contributed by atoms with Crippen LogP contribution in [0.25, 0.3) is 0 Å². The second kappa shape index (κ2) is 6.89. The number of nitrogens with zero attached hydrogens (tertiary/aromatic N) is 1. The number of nitrogens with one attached hydrogen (secondary N) is 2. The molecule has 1 amide bonds. The predicted molar refractivity (Wildman–Crippen MR) is 84.3 cm³/mol. The number of rotatable bonds is 5. The van der Waals surface area contributed by atoms with Gasteiger partial charge in [-0.15, -0.1) is 11.3 Å². The van der Waals surface area contributed by atoms with Gasteiger partial charge >= 0.3 is 0 Å². The second-order valence-electron chi connectivity index (χ2n) is 4.12. The summed E-state index contributed by atoms with van der Waals surface area (Å²) in [6.07, 6.45) is 0. The van der Waals surface area contributed by atoms with Crippen molar-refractivity contribution in [3.8, 4) is 6.07 Å². The summed E-state index contributed by atoms with van der Waals surface area (Å²) in [4.78, 5) is 11.8. The van der Waals surface area contributed by atoms with E-state index in [2.05, 4.69) is 10.0 Å². The third-order valence-electron chi connectivity index (χ3n) is 2.51. The zero-order valence-corrected chi connectivity index (χ0v) is 13.4. The second-order valence-corrected chi connectivity index (χ2v) is 7.83. The minimum Gasteiger partial charge on any atom is -0.325 e. The summed E-state index contributed by atoms with van der Waals surface area (Å²) in [6.45, 7) is -0.422. The van der Waals surface area contributed by atoms with Gasteiger partial charge in [-0.05, 0) is 30.3 Å². The molecule has 0 saturated heterocycles. The van der Waals surface area contributed by atoms with E-state index in [0.717, 1.165) is 11.3 Å². The molecule has 0 saturated carbocycles. The topological polar surface area (TPSA) is 99.1 Å². The summed E-state index contributed by atoms with van der Waals surface area (Å²) in [5.41, 5.74) is 0.814. The minimum absolute atomic E-state index is 0.0387. The fourth-order valence-corrected chi connectivity index (χ4v) is 4.05. The van der Waals surface area contributed by atoms with Crippen LogP contribution in [0.15, 0.2) is 40.6 Å². The van der Waals surface area contributed by atoms with Crippen molar-refractivity contribution in [2.24, 2.45) is 0 Å². The van der Waals surface area contributed by atoms with Crippen molar-refractivity contribution in [2.45, 2.75) is 4.21 Å². The van der Waals surface area contributed by atoms with Gasteiger partial charge in [0, 0.05) is 5.69 Å². The van der Waals surface area contributed by atoms with Crippen LogP contribution < -0.4 is 10.0 Å². The largest absolute Gasteiger partial charge is 0.325 e. The Bertz CT molecular complexity index is 840. The average Bonchev–Trinajstić information content (AvgIpc) is 2.93. The van der Waals surface area contributed by atoms with Crippen LogP contribution in [0.5, 0.6) is 0 Å². The summed E-state index contributed by atoms with van der Waals surface area (Å²) in [5, 5.41) is 11.3. The van der Waals surface area contributed by atoms with Crippen LogP contribution in [0.2, 0.25) is 4.34 Å². The van der Waals surface area contributed by atoms with Gasteiger partial charge in [0.25, 0.3) is 10.0 Å². The van der Waals surface area contributed by atoms with E-state index in [0.29, 0.717) is 15.6 Å². The van der Waals surface area contributed by atoms with Crippen LogP contribution in [-0.4, -0.2) is 20.9 Å². The number of carbonyl (C=O) groups is 1. The van der Waals surface area contributed by atoms with Gasteiger partial charge in [0.2, 0.25) is 5.91 Å². The zero-order chi connectivity index (χ0) is 16.2. The van der Waals surface area contributed by atoms with Crippen molar-refractivity contribution < 1.29 is 13.2 Å². The molecule has 0 aliphatic carbocycles. The number of benzene rings is 1. The quantitative estimate of drug-likeness (QED) is 0.858. The van der Waals surface area contributed by atoms with Crippen LogP contribution >= 0.6 is 22.9 Å². The van der Waals surface area contributed by atoms with Gasteiger partial charge in [-0.1, -0.05) is 17.7 Å². The van der Waals surface area contributed by atoms with Gasteiger partial charge in [0.1, 0.15) is 4.21 Å². The summed E-state index contributed by atoms with van der Waals surface area (Å²) in [7, 11) is -3.77. The molecule has 22 heavy (non-hydrogen) atoms. The van der Waals surface area contributed by atoms with Crippen molar-refractivity contribution in [3.63, 3.8) is 0 Å². The van der Waals surface area contributed by atoms with Crippen molar-refractivity contribution in [3.05, 3.63) is 46.3 Å². The van der Waals surface area contributed by atoms with E-state index in [1.165, 1.54) is 18.2 Å². The maximum atomic E-state index is 11.9. The first-order valence-electron chi connectivity index (χ1n) is 5.96. The van der Waals surface area contributed by atoms with Gasteiger partial charge in [0.05, 0.1) is 22.5 Å². The molecule has 6 nitrogen and oxygen atoms in total. The summed E-state index contributed by atoms with van der Waals surface area (Å²) in [5.74, 6) is -0.540. The molecule has 1 aromatic heterocycles. The maximum absolute atomic E-state index is 11.9. The Morgan fingerprint density at radius 2 is 2.09 bits per heavy atom. The van der Waals surface area contributed by atoms with Crippen LogP contribution in [0.1, 0.15) is 5.56 Å². The van der Waals surface area contributed by atoms with E-state index in [-0.39, 0.29) is 4.21 Å². The highest BCUT2D eigenvalue weighted by Gasteiger charge is 2.17. The molecule has 2 aromatic rings. The molecule has 0 spiro atoms. The third kappa shape index (κ3) is 4.29. The highest BCUT2D eigenvalue weighted by Crippen LogP contribution is 2.25. The van der Waals surface area contributed by atoms with E-state index in [1.54, 1.807) is 18.2 Å². The molecule has 0 aliphatic rings. The number of anilines is 1. The van der Waals surface area contributed by atoms with Crippen LogP contribution in [0.4, 0.5) is 5.69 Å². The van der Waals surface area contributed by atoms with E-state index >= 15 is 0 Å². The van der Waals surface area contributed by atoms with Crippen molar-refractivity contribution in [1.82, 2.24) is 4.72 Å². The number of amides is 1. The van der Waals surface area contributed by atoms with Gasteiger partial charge in [-0.3, -0.25) is 4.79 Å². The van der Waals surface area contributed by atoms with Crippen molar-refractivity contribution >= 4 is 44.6 Å². The lowest BCUT2D eigenvalue weighted by Gasteiger charge is -2.07.